The van der Waals surface area contributed by atoms with Crippen molar-refractivity contribution >= 4 is 0 Å². The summed E-state index contributed by atoms with van der Waals surface area (Å²) in [4.78, 5) is 0. The summed E-state index contributed by atoms with van der Waals surface area (Å²) in [5, 5.41) is 0. The molecule has 0 saturated heterocycles. The molecule has 2 rings (SSSR count). The van der Waals surface area contributed by atoms with Gasteiger partial charge in [0.05, 0.1) is 19.3 Å². The molecule has 0 fully saturated rings. The monoisotopic (exact) mass is 394 g/mol. The average Bonchev–Trinajstić information content (AvgIpc) is 2.68. The van der Waals surface area contributed by atoms with Crippen molar-refractivity contribution in [2.24, 2.45) is 5.92 Å². The van der Waals surface area contributed by atoms with Crippen molar-refractivity contribution in [2.45, 2.75) is 33.3 Å². The van der Waals surface area contributed by atoms with Gasteiger partial charge in [0.1, 0.15) is 0 Å². The molecule has 0 N–H and O–H groups in total. The van der Waals surface area contributed by atoms with E-state index in [4.69, 9.17) is 14.2 Å². The predicted octanol–water partition coefficient (Wildman–Crippen LogP) is 5.82. The van der Waals surface area contributed by atoms with E-state index in [2.05, 4.69) is 19.7 Å². The molecule has 1 aromatic carbocycles. The zero-order valence-corrected chi connectivity index (χ0v) is 16.4. The van der Waals surface area contributed by atoms with Gasteiger partial charge in [0.25, 0.3) is 0 Å². The molecule has 1 heterocycles. The average molecular weight is 394 g/mol. The summed E-state index contributed by atoms with van der Waals surface area (Å²) in [7, 11) is 0. The summed E-state index contributed by atoms with van der Waals surface area (Å²) in [5.41, 5.74) is 0.646. The summed E-state index contributed by atoms with van der Waals surface area (Å²) < 4.78 is 59.6. The predicted molar refractivity (Wildman–Crippen MR) is 103 cm³/mol. The first-order chi connectivity index (χ1) is 13.2. The minimum Gasteiger partial charge on any atom is -0.491 e. The summed E-state index contributed by atoms with van der Waals surface area (Å²) in [6, 6.07) is 1.34. The van der Waals surface area contributed by atoms with E-state index in [-0.39, 0.29) is 47.4 Å². The van der Waals surface area contributed by atoms with Gasteiger partial charge in [-0.15, -0.1) is 6.58 Å². The highest BCUT2D eigenvalue weighted by Gasteiger charge is 2.30. The fourth-order valence-corrected chi connectivity index (χ4v) is 2.61. The van der Waals surface area contributed by atoms with Crippen molar-refractivity contribution in [3.63, 3.8) is 0 Å². The SMILES string of the molecule is C=CC(C)COC(C)C(=C)/C(F)=C1/Oc2c(cc(OCC)c(F)c2F)CC1=C. The van der Waals surface area contributed by atoms with E-state index in [1.807, 2.05) is 6.92 Å². The van der Waals surface area contributed by atoms with Crippen molar-refractivity contribution < 1.29 is 27.4 Å². The lowest BCUT2D eigenvalue weighted by Crippen LogP contribution is -2.19. The molecule has 0 radical (unpaired) electrons. The van der Waals surface area contributed by atoms with Crippen LogP contribution in [0.1, 0.15) is 26.3 Å². The van der Waals surface area contributed by atoms with Crippen LogP contribution >= 0.6 is 0 Å². The summed E-state index contributed by atoms with van der Waals surface area (Å²) in [6.07, 6.45) is 1.17. The molecule has 152 valence electrons. The summed E-state index contributed by atoms with van der Waals surface area (Å²) in [5.74, 6) is -3.98. The molecule has 0 aliphatic carbocycles. The Morgan fingerprint density at radius 2 is 2.00 bits per heavy atom. The molecule has 0 amide bonds. The first-order valence-electron chi connectivity index (χ1n) is 9.03. The fraction of sp³-hybridized carbons (Fsp3) is 0.364. The second-order valence-electron chi connectivity index (χ2n) is 6.66. The van der Waals surface area contributed by atoms with Crippen LogP contribution in [0, 0.1) is 17.6 Å². The van der Waals surface area contributed by atoms with Crippen LogP contribution in [0.3, 0.4) is 0 Å². The van der Waals surface area contributed by atoms with E-state index in [9.17, 15) is 13.2 Å². The van der Waals surface area contributed by atoms with Gasteiger partial charge in [0.15, 0.2) is 23.1 Å². The van der Waals surface area contributed by atoms with Crippen LogP contribution in [-0.2, 0) is 11.2 Å². The van der Waals surface area contributed by atoms with Gasteiger partial charge in [-0.3, -0.25) is 0 Å². The molecular weight excluding hydrogens is 369 g/mol. The van der Waals surface area contributed by atoms with Crippen molar-refractivity contribution in [3.8, 4) is 11.5 Å². The van der Waals surface area contributed by atoms with E-state index < -0.39 is 23.6 Å². The molecule has 3 nitrogen and oxygen atoms in total. The Morgan fingerprint density at radius 3 is 2.61 bits per heavy atom. The molecule has 6 heteroatoms. The van der Waals surface area contributed by atoms with Crippen LogP contribution in [0.25, 0.3) is 0 Å². The van der Waals surface area contributed by atoms with Crippen molar-refractivity contribution in [1.29, 1.82) is 0 Å². The maximum absolute atomic E-state index is 15.0. The largest absolute Gasteiger partial charge is 0.491 e. The zero-order valence-electron chi connectivity index (χ0n) is 16.4. The Balaban J connectivity index is 2.31. The Kier molecular flexibility index (Phi) is 7.13. The maximum atomic E-state index is 15.0. The number of allylic oxidation sites excluding steroid dienone is 1. The standard InChI is InChI=1S/C22H25F3O3/c1-7-12(3)11-27-15(6)14(5)18(23)21-13(4)9-16-10-17(26-8-2)19(24)20(25)22(16)28-21/h7,10,12,15H,1,4-5,8-9,11H2,2-3,6H3/b21-18-. The van der Waals surface area contributed by atoms with Gasteiger partial charge in [-0.2, -0.15) is 8.78 Å². The van der Waals surface area contributed by atoms with E-state index >= 15 is 0 Å². The van der Waals surface area contributed by atoms with Crippen LogP contribution < -0.4 is 9.47 Å². The second kappa shape index (κ2) is 9.15. The van der Waals surface area contributed by atoms with E-state index in [0.29, 0.717) is 12.2 Å². The lowest BCUT2D eigenvalue weighted by atomic mass is 9.98. The highest BCUT2D eigenvalue weighted by molar-refractivity contribution is 5.53. The number of hydrogen-bond acceptors (Lipinski definition) is 3. The zero-order chi connectivity index (χ0) is 21.0. The van der Waals surface area contributed by atoms with Gasteiger partial charge in [-0.1, -0.05) is 26.2 Å². The molecule has 2 unspecified atom stereocenters. The number of benzene rings is 1. The Morgan fingerprint density at radius 1 is 1.32 bits per heavy atom. The van der Waals surface area contributed by atoms with Gasteiger partial charge in [0.2, 0.25) is 11.6 Å². The number of rotatable bonds is 8. The molecule has 2 atom stereocenters. The molecule has 1 aromatic rings. The van der Waals surface area contributed by atoms with E-state index in [0.717, 1.165) is 0 Å². The van der Waals surface area contributed by atoms with E-state index in [1.165, 1.54) is 6.07 Å². The quantitative estimate of drug-likeness (QED) is 0.520. The smallest absolute Gasteiger partial charge is 0.205 e. The van der Waals surface area contributed by atoms with Crippen LogP contribution in [0.5, 0.6) is 11.5 Å². The molecule has 1 aliphatic rings. The molecule has 0 saturated carbocycles. The third-order valence-corrected chi connectivity index (χ3v) is 4.42. The minimum absolute atomic E-state index is 0.0303. The minimum atomic E-state index is -1.23. The second-order valence-corrected chi connectivity index (χ2v) is 6.66. The molecule has 28 heavy (non-hydrogen) atoms. The third kappa shape index (κ3) is 4.50. The highest BCUT2D eigenvalue weighted by Crippen LogP contribution is 2.41. The number of hydrogen-bond donors (Lipinski definition) is 0. The maximum Gasteiger partial charge on any atom is 0.205 e. The molecule has 0 aromatic heterocycles. The van der Waals surface area contributed by atoms with Gasteiger partial charge in [-0.05, 0) is 31.4 Å². The molecule has 0 bridgehead atoms. The van der Waals surface area contributed by atoms with Gasteiger partial charge in [-0.25, -0.2) is 4.39 Å². The first kappa shape index (κ1) is 21.8. The summed E-state index contributed by atoms with van der Waals surface area (Å²) in [6.45, 7) is 16.9. The van der Waals surface area contributed by atoms with E-state index in [1.54, 1.807) is 19.9 Å². The normalized spacial score (nSPS) is 17.3. The highest BCUT2D eigenvalue weighted by atomic mass is 19.2. The lowest BCUT2D eigenvalue weighted by Gasteiger charge is -2.25. The third-order valence-electron chi connectivity index (χ3n) is 4.42. The number of halogens is 3. The fourth-order valence-electron chi connectivity index (χ4n) is 2.61. The number of fused-ring (bicyclic) bond motifs is 1. The van der Waals surface area contributed by atoms with Gasteiger partial charge >= 0.3 is 0 Å². The van der Waals surface area contributed by atoms with Crippen LogP contribution in [0.15, 0.2) is 54.6 Å². The lowest BCUT2D eigenvalue weighted by molar-refractivity contribution is 0.0747. The molecular formula is C22H25F3O3. The first-order valence-corrected chi connectivity index (χ1v) is 9.03. The Hall–Kier alpha value is -2.47. The van der Waals surface area contributed by atoms with Crippen LogP contribution in [-0.4, -0.2) is 19.3 Å². The van der Waals surface area contributed by atoms with Crippen LogP contribution in [0.2, 0.25) is 0 Å². The van der Waals surface area contributed by atoms with Gasteiger partial charge < -0.3 is 14.2 Å². The van der Waals surface area contributed by atoms with Crippen molar-refractivity contribution in [2.75, 3.05) is 13.2 Å². The Labute approximate surface area is 163 Å². The number of ether oxygens (including phenoxy) is 3. The topological polar surface area (TPSA) is 27.7 Å². The van der Waals surface area contributed by atoms with Crippen molar-refractivity contribution in [3.05, 3.63) is 71.8 Å². The van der Waals surface area contributed by atoms with Crippen LogP contribution in [0.4, 0.5) is 13.2 Å². The molecule has 0 spiro atoms. The van der Waals surface area contributed by atoms with Gasteiger partial charge in [0, 0.05) is 17.6 Å². The molecule has 1 aliphatic heterocycles. The Bertz CT molecular complexity index is 827. The summed E-state index contributed by atoms with van der Waals surface area (Å²) >= 11 is 0. The van der Waals surface area contributed by atoms with Crippen molar-refractivity contribution in [1.82, 2.24) is 0 Å².